The van der Waals surface area contributed by atoms with Crippen LogP contribution >= 0.6 is 0 Å². The number of hydrogen-bond acceptors (Lipinski definition) is 4. The fraction of sp³-hybridized carbons (Fsp3) is 0.588. The summed E-state index contributed by atoms with van der Waals surface area (Å²) in [5.41, 5.74) is 0.149. The van der Waals surface area contributed by atoms with Gasteiger partial charge in [-0.25, -0.2) is 4.79 Å². The van der Waals surface area contributed by atoms with Crippen LogP contribution in [0.4, 0.5) is 4.79 Å². The summed E-state index contributed by atoms with van der Waals surface area (Å²) >= 11 is 0. The van der Waals surface area contributed by atoms with Crippen LogP contribution in [-0.4, -0.2) is 41.0 Å². The summed E-state index contributed by atoms with van der Waals surface area (Å²) in [6.07, 6.45) is 1.62. The van der Waals surface area contributed by atoms with Crippen molar-refractivity contribution in [1.29, 1.82) is 0 Å². The van der Waals surface area contributed by atoms with Gasteiger partial charge in [0.05, 0.1) is 19.2 Å². The highest BCUT2D eigenvalue weighted by Gasteiger charge is 2.27. The molecular weight excluding hydrogens is 282 g/mol. The molecule has 0 saturated carbocycles. The molecule has 1 N–H and O–H groups in total. The van der Waals surface area contributed by atoms with Gasteiger partial charge in [0, 0.05) is 12.2 Å². The number of carbonyl (C=O) groups is 1. The molecule has 1 aliphatic rings. The fourth-order valence-corrected chi connectivity index (χ4v) is 2.41. The molecule has 0 bridgehead atoms. The van der Waals surface area contributed by atoms with E-state index in [0.717, 1.165) is 19.4 Å². The van der Waals surface area contributed by atoms with Crippen LogP contribution in [0.5, 0.6) is 5.75 Å². The third-order valence-electron chi connectivity index (χ3n) is 3.45. The van der Waals surface area contributed by atoms with Crippen LogP contribution in [-0.2, 0) is 16.0 Å². The summed E-state index contributed by atoms with van der Waals surface area (Å²) in [6, 6.07) is 7.03. The van der Waals surface area contributed by atoms with Gasteiger partial charge in [-0.3, -0.25) is 0 Å². The van der Waals surface area contributed by atoms with E-state index in [9.17, 15) is 9.90 Å². The Balaban J connectivity index is 2.09. The number of para-hydroxylation sites is 1. The van der Waals surface area contributed by atoms with Crippen LogP contribution in [0.15, 0.2) is 24.3 Å². The first-order chi connectivity index (χ1) is 10.3. The standard InChI is InChI=1S/C17H25NO4/c1-17(2,3)22-16(20)18(12-14-8-6-10-21-14)11-13-7-4-5-9-15(13)19/h4-5,7,9,14,19H,6,8,10-12H2,1-3H3. The van der Waals surface area contributed by atoms with Crippen LogP contribution in [0, 0.1) is 0 Å². The van der Waals surface area contributed by atoms with Crippen LogP contribution in [0.2, 0.25) is 0 Å². The summed E-state index contributed by atoms with van der Waals surface area (Å²) in [5, 5.41) is 9.92. The zero-order valence-corrected chi connectivity index (χ0v) is 13.5. The molecule has 1 aromatic rings. The average Bonchev–Trinajstić information content (AvgIpc) is 2.91. The Bertz CT molecular complexity index is 504. The topological polar surface area (TPSA) is 59.0 Å². The maximum absolute atomic E-state index is 12.4. The summed E-state index contributed by atoms with van der Waals surface area (Å²) < 4.78 is 11.1. The molecule has 5 heteroatoms. The van der Waals surface area contributed by atoms with Crippen molar-refractivity contribution in [3.63, 3.8) is 0 Å². The van der Waals surface area contributed by atoms with E-state index in [1.54, 1.807) is 17.0 Å². The lowest BCUT2D eigenvalue weighted by molar-refractivity contribution is 0.00849. The van der Waals surface area contributed by atoms with E-state index in [2.05, 4.69) is 0 Å². The molecular formula is C17H25NO4. The number of phenols is 1. The summed E-state index contributed by atoms with van der Waals surface area (Å²) in [5.74, 6) is 0.184. The van der Waals surface area contributed by atoms with E-state index in [1.165, 1.54) is 0 Å². The van der Waals surface area contributed by atoms with Gasteiger partial charge < -0.3 is 19.5 Å². The van der Waals surface area contributed by atoms with Crippen molar-refractivity contribution in [2.75, 3.05) is 13.2 Å². The highest BCUT2D eigenvalue weighted by atomic mass is 16.6. The van der Waals surface area contributed by atoms with Crippen molar-refractivity contribution >= 4 is 6.09 Å². The first-order valence-corrected chi connectivity index (χ1v) is 7.71. The molecule has 0 spiro atoms. The largest absolute Gasteiger partial charge is 0.508 e. The van der Waals surface area contributed by atoms with Crippen molar-refractivity contribution < 1.29 is 19.4 Å². The highest BCUT2D eigenvalue weighted by molar-refractivity contribution is 5.68. The van der Waals surface area contributed by atoms with Gasteiger partial charge in [0.25, 0.3) is 0 Å². The molecule has 0 aliphatic carbocycles. The maximum Gasteiger partial charge on any atom is 0.410 e. The number of hydrogen-bond donors (Lipinski definition) is 1. The minimum Gasteiger partial charge on any atom is -0.508 e. The fourth-order valence-electron chi connectivity index (χ4n) is 2.41. The van der Waals surface area contributed by atoms with Gasteiger partial charge in [-0.1, -0.05) is 18.2 Å². The number of rotatable bonds is 4. The van der Waals surface area contributed by atoms with Crippen LogP contribution in [0.3, 0.4) is 0 Å². The SMILES string of the molecule is CC(C)(C)OC(=O)N(Cc1ccccc1O)CC1CCCO1. The molecule has 0 radical (unpaired) electrons. The Morgan fingerprint density at radius 3 is 2.73 bits per heavy atom. The van der Waals surface area contributed by atoms with Gasteiger partial charge in [0.2, 0.25) is 0 Å². The molecule has 22 heavy (non-hydrogen) atoms. The minimum absolute atomic E-state index is 0.0402. The quantitative estimate of drug-likeness (QED) is 0.927. The number of benzene rings is 1. The van der Waals surface area contributed by atoms with E-state index in [4.69, 9.17) is 9.47 Å². The molecule has 1 amide bonds. The van der Waals surface area contributed by atoms with E-state index >= 15 is 0 Å². The summed E-state index contributed by atoms with van der Waals surface area (Å²) in [4.78, 5) is 14.0. The molecule has 1 aliphatic heterocycles. The minimum atomic E-state index is -0.551. The lowest BCUT2D eigenvalue weighted by atomic mass is 10.1. The Labute approximate surface area is 131 Å². The van der Waals surface area contributed by atoms with E-state index in [-0.39, 0.29) is 17.9 Å². The van der Waals surface area contributed by atoms with E-state index in [1.807, 2.05) is 32.9 Å². The van der Waals surface area contributed by atoms with Gasteiger partial charge in [0.1, 0.15) is 11.4 Å². The second-order valence-corrected chi connectivity index (χ2v) is 6.62. The molecule has 1 aromatic carbocycles. The number of aromatic hydroxyl groups is 1. The predicted octanol–water partition coefficient (Wildman–Crippen LogP) is 3.31. The Morgan fingerprint density at radius 2 is 2.14 bits per heavy atom. The van der Waals surface area contributed by atoms with Crippen molar-refractivity contribution in [2.45, 2.75) is 51.9 Å². The summed E-state index contributed by atoms with van der Waals surface area (Å²) in [7, 11) is 0. The molecule has 1 heterocycles. The van der Waals surface area contributed by atoms with Crippen molar-refractivity contribution in [1.82, 2.24) is 4.90 Å². The number of nitrogens with zero attached hydrogens (tertiary/aromatic N) is 1. The maximum atomic E-state index is 12.4. The van der Waals surface area contributed by atoms with Crippen LogP contribution in [0.1, 0.15) is 39.2 Å². The molecule has 1 saturated heterocycles. The van der Waals surface area contributed by atoms with Gasteiger partial charge >= 0.3 is 6.09 Å². The summed E-state index contributed by atoms with van der Waals surface area (Å²) in [6.45, 7) is 7.05. The first kappa shape index (κ1) is 16.6. The number of amides is 1. The molecule has 1 unspecified atom stereocenters. The number of ether oxygens (including phenoxy) is 2. The lowest BCUT2D eigenvalue weighted by Crippen LogP contribution is -2.40. The highest BCUT2D eigenvalue weighted by Crippen LogP contribution is 2.22. The monoisotopic (exact) mass is 307 g/mol. The Hall–Kier alpha value is -1.75. The normalized spacial score (nSPS) is 18.2. The average molecular weight is 307 g/mol. The predicted molar refractivity (Wildman–Crippen MR) is 83.7 cm³/mol. The smallest absolute Gasteiger partial charge is 0.410 e. The lowest BCUT2D eigenvalue weighted by Gasteiger charge is -2.29. The third kappa shape index (κ3) is 4.91. The van der Waals surface area contributed by atoms with Gasteiger partial charge in [0.15, 0.2) is 0 Å². The van der Waals surface area contributed by atoms with E-state index < -0.39 is 5.60 Å². The van der Waals surface area contributed by atoms with Crippen molar-refractivity contribution in [3.8, 4) is 5.75 Å². The van der Waals surface area contributed by atoms with Crippen molar-refractivity contribution in [3.05, 3.63) is 29.8 Å². The van der Waals surface area contributed by atoms with Gasteiger partial charge in [-0.05, 0) is 39.7 Å². The Morgan fingerprint density at radius 1 is 1.41 bits per heavy atom. The van der Waals surface area contributed by atoms with Crippen LogP contribution in [0.25, 0.3) is 0 Å². The number of phenolic OH excluding ortho intramolecular Hbond substituents is 1. The third-order valence-corrected chi connectivity index (χ3v) is 3.45. The molecule has 0 aromatic heterocycles. The van der Waals surface area contributed by atoms with Gasteiger partial charge in [-0.15, -0.1) is 0 Å². The molecule has 1 atom stereocenters. The molecule has 1 fully saturated rings. The molecule has 5 nitrogen and oxygen atoms in total. The Kier molecular flexibility index (Phi) is 5.29. The van der Waals surface area contributed by atoms with Gasteiger partial charge in [-0.2, -0.15) is 0 Å². The molecule has 2 rings (SSSR count). The van der Waals surface area contributed by atoms with Crippen LogP contribution < -0.4 is 0 Å². The second kappa shape index (κ2) is 7.01. The number of carbonyl (C=O) groups excluding carboxylic acids is 1. The first-order valence-electron chi connectivity index (χ1n) is 7.71. The van der Waals surface area contributed by atoms with E-state index in [0.29, 0.717) is 18.7 Å². The zero-order valence-electron chi connectivity index (χ0n) is 13.5. The zero-order chi connectivity index (χ0) is 16.2. The van der Waals surface area contributed by atoms with Crippen molar-refractivity contribution in [2.24, 2.45) is 0 Å². The molecule has 122 valence electrons. The second-order valence-electron chi connectivity index (χ2n) is 6.62.